The molecular formula is C20H27N3OS. The van der Waals surface area contributed by atoms with E-state index < -0.39 is 0 Å². The van der Waals surface area contributed by atoms with Crippen molar-refractivity contribution in [2.24, 2.45) is 0 Å². The number of hydrogen-bond acceptors (Lipinski definition) is 4. The van der Waals surface area contributed by atoms with E-state index in [4.69, 9.17) is 0 Å². The number of piperazine rings is 1. The van der Waals surface area contributed by atoms with Gasteiger partial charge >= 0.3 is 0 Å². The topological polar surface area (TPSA) is 26.8 Å². The maximum absolute atomic E-state index is 12.6. The number of benzene rings is 1. The van der Waals surface area contributed by atoms with Crippen LogP contribution in [-0.4, -0.2) is 65.9 Å². The van der Waals surface area contributed by atoms with Crippen LogP contribution in [-0.2, 0) is 11.3 Å². The Morgan fingerprint density at radius 2 is 1.80 bits per heavy atom. The first-order valence-electron chi connectivity index (χ1n) is 9.42. The van der Waals surface area contributed by atoms with Crippen LogP contribution in [0.3, 0.4) is 0 Å². The van der Waals surface area contributed by atoms with Crippen LogP contribution < -0.4 is 0 Å². The van der Waals surface area contributed by atoms with E-state index >= 15 is 0 Å². The number of nitrogens with zero attached hydrogens (tertiary/aromatic N) is 3. The highest BCUT2D eigenvalue weighted by molar-refractivity contribution is 7.17. The highest BCUT2D eigenvalue weighted by Crippen LogP contribution is 2.27. The largest absolute Gasteiger partial charge is 0.341 e. The third-order valence-corrected chi connectivity index (χ3v) is 6.70. The van der Waals surface area contributed by atoms with Gasteiger partial charge < -0.3 is 4.90 Å². The molecule has 2 saturated heterocycles. The molecule has 2 aromatic rings. The molecule has 0 saturated carbocycles. The summed E-state index contributed by atoms with van der Waals surface area (Å²) in [6, 6.07) is 8.70. The molecule has 2 aliphatic heterocycles. The first-order valence-corrected chi connectivity index (χ1v) is 10.3. The zero-order chi connectivity index (χ0) is 17.2. The Kier molecular flexibility index (Phi) is 5.06. The van der Waals surface area contributed by atoms with Crippen molar-refractivity contribution in [2.45, 2.75) is 32.4 Å². The third-order valence-electron chi connectivity index (χ3n) is 5.68. The van der Waals surface area contributed by atoms with Crippen LogP contribution >= 0.6 is 11.3 Å². The fraction of sp³-hybridized carbons (Fsp3) is 0.550. The molecule has 134 valence electrons. The van der Waals surface area contributed by atoms with Gasteiger partial charge in [-0.2, -0.15) is 0 Å². The van der Waals surface area contributed by atoms with Gasteiger partial charge in [-0.05, 0) is 42.2 Å². The molecule has 25 heavy (non-hydrogen) atoms. The number of likely N-dealkylation sites (tertiary alicyclic amines) is 1. The van der Waals surface area contributed by atoms with Crippen molar-refractivity contribution in [3.05, 3.63) is 35.2 Å². The Morgan fingerprint density at radius 1 is 1.08 bits per heavy atom. The normalized spacial score (nSPS) is 21.1. The minimum atomic E-state index is 0.0298. The second-order valence-electron chi connectivity index (χ2n) is 7.28. The van der Waals surface area contributed by atoms with Gasteiger partial charge in [0.2, 0.25) is 5.91 Å². The van der Waals surface area contributed by atoms with Crippen LogP contribution in [0.15, 0.2) is 29.6 Å². The van der Waals surface area contributed by atoms with E-state index in [1.54, 1.807) is 0 Å². The summed E-state index contributed by atoms with van der Waals surface area (Å²) in [6.07, 6.45) is 2.33. The number of carbonyl (C=O) groups excluding carboxylic acids is 1. The molecule has 0 spiro atoms. The summed E-state index contributed by atoms with van der Waals surface area (Å²) in [4.78, 5) is 19.5. The van der Waals surface area contributed by atoms with Crippen LogP contribution in [0.4, 0.5) is 0 Å². The van der Waals surface area contributed by atoms with Gasteiger partial charge in [0, 0.05) is 50.5 Å². The fourth-order valence-corrected chi connectivity index (χ4v) is 5.02. The van der Waals surface area contributed by atoms with Crippen LogP contribution in [0, 0.1) is 0 Å². The monoisotopic (exact) mass is 357 g/mol. The van der Waals surface area contributed by atoms with Gasteiger partial charge in [0.1, 0.15) is 0 Å². The van der Waals surface area contributed by atoms with Crippen molar-refractivity contribution in [2.75, 3.05) is 39.3 Å². The van der Waals surface area contributed by atoms with Crippen LogP contribution in [0.5, 0.6) is 0 Å². The lowest BCUT2D eigenvalue weighted by atomic mass is 10.1. The van der Waals surface area contributed by atoms with Gasteiger partial charge in [-0.1, -0.05) is 18.2 Å². The summed E-state index contributed by atoms with van der Waals surface area (Å²) < 4.78 is 1.38. The van der Waals surface area contributed by atoms with Crippen LogP contribution in [0.25, 0.3) is 10.1 Å². The standard InChI is InChI=1S/C20H27N3OS/c1-16(20(24)23-8-4-5-9-23)22-12-10-21(11-13-22)14-17-15-25-19-7-3-2-6-18(17)19/h2-3,6-7,15-16H,4-5,8-14H2,1H3/t16-/m1/s1. The molecule has 1 aromatic carbocycles. The van der Waals surface area contributed by atoms with Crippen LogP contribution in [0.2, 0.25) is 0 Å². The lowest BCUT2D eigenvalue weighted by Crippen LogP contribution is -2.54. The molecule has 0 N–H and O–H groups in total. The quantitative estimate of drug-likeness (QED) is 0.841. The van der Waals surface area contributed by atoms with Crippen molar-refractivity contribution in [3.63, 3.8) is 0 Å². The number of fused-ring (bicyclic) bond motifs is 1. The van der Waals surface area contributed by atoms with E-state index in [1.165, 1.54) is 28.5 Å². The predicted octanol–water partition coefficient (Wildman–Crippen LogP) is 3.03. The molecule has 2 fully saturated rings. The Hall–Kier alpha value is -1.43. The predicted molar refractivity (Wildman–Crippen MR) is 104 cm³/mol. The lowest BCUT2D eigenvalue weighted by Gasteiger charge is -2.38. The highest BCUT2D eigenvalue weighted by atomic mass is 32.1. The van der Waals surface area contributed by atoms with E-state index in [-0.39, 0.29) is 6.04 Å². The van der Waals surface area contributed by atoms with E-state index in [0.29, 0.717) is 5.91 Å². The molecule has 0 aliphatic carbocycles. The van der Waals surface area contributed by atoms with Crippen LogP contribution in [0.1, 0.15) is 25.3 Å². The van der Waals surface area contributed by atoms with Crippen molar-refractivity contribution in [1.29, 1.82) is 0 Å². The average molecular weight is 358 g/mol. The number of rotatable bonds is 4. The molecular weight excluding hydrogens is 330 g/mol. The maximum atomic E-state index is 12.6. The Morgan fingerprint density at radius 3 is 2.56 bits per heavy atom. The number of hydrogen-bond donors (Lipinski definition) is 0. The van der Waals surface area contributed by atoms with Gasteiger partial charge in [0.25, 0.3) is 0 Å². The molecule has 5 heteroatoms. The summed E-state index contributed by atoms with van der Waals surface area (Å²) in [5.41, 5.74) is 1.44. The van der Waals surface area contributed by atoms with Gasteiger partial charge in [-0.3, -0.25) is 14.6 Å². The maximum Gasteiger partial charge on any atom is 0.239 e. The van der Waals surface area contributed by atoms with Gasteiger partial charge in [-0.25, -0.2) is 0 Å². The van der Waals surface area contributed by atoms with E-state index in [9.17, 15) is 4.79 Å². The molecule has 4 rings (SSSR count). The number of amides is 1. The zero-order valence-electron chi connectivity index (χ0n) is 15.0. The third kappa shape index (κ3) is 3.59. The smallest absolute Gasteiger partial charge is 0.239 e. The molecule has 1 aromatic heterocycles. The lowest BCUT2D eigenvalue weighted by molar-refractivity contribution is -0.136. The van der Waals surface area contributed by atoms with Gasteiger partial charge in [0.15, 0.2) is 0 Å². The second-order valence-corrected chi connectivity index (χ2v) is 8.19. The van der Waals surface area contributed by atoms with E-state index in [0.717, 1.165) is 45.8 Å². The zero-order valence-corrected chi connectivity index (χ0v) is 15.8. The summed E-state index contributed by atoms with van der Waals surface area (Å²) in [7, 11) is 0. The molecule has 1 atom stereocenters. The Labute approximate surface area is 154 Å². The number of carbonyl (C=O) groups is 1. The summed E-state index contributed by atoms with van der Waals surface area (Å²) >= 11 is 1.84. The minimum absolute atomic E-state index is 0.0298. The first kappa shape index (κ1) is 17.0. The number of thiophene rings is 1. The first-order chi connectivity index (χ1) is 12.2. The highest BCUT2D eigenvalue weighted by Gasteiger charge is 2.29. The molecule has 4 nitrogen and oxygen atoms in total. The Bertz CT molecular complexity index is 729. The molecule has 0 bridgehead atoms. The molecule has 2 aliphatic rings. The molecule has 3 heterocycles. The van der Waals surface area contributed by atoms with Gasteiger partial charge in [0.05, 0.1) is 6.04 Å². The summed E-state index contributed by atoms with van der Waals surface area (Å²) in [5.74, 6) is 0.328. The summed E-state index contributed by atoms with van der Waals surface area (Å²) in [5, 5.41) is 3.70. The Balaban J connectivity index is 1.33. The van der Waals surface area contributed by atoms with E-state index in [2.05, 4.69) is 51.3 Å². The van der Waals surface area contributed by atoms with Crippen molar-refractivity contribution < 1.29 is 4.79 Å². The SMILES string of the molecule is C[C@H](C(=O)N1CCCC1)N1CCN(Cc2csc3ccccc23)CC1. The average Bonchev–Trinajstić information content (AvgIpc) is 3.32. The van der Waals surface area contributed by atoms with Crippen molar-refractivity contribution >= 4 is 27.3 Å². The second kappa shape index (κ2) is 7.44. The van der Waals surface area contributed by atoms with Gasteiger partial charge in [-0.15, -0.1) is 11.3 Å². The van der Waals surface area contributed by atoms with Crippen molar-refractivity contribution in [1.82, 2.24) is 14.7 Å². The van der Waals surface area contributed by atoms with E-state index in [1.807, 2.05) is 11.3 Å². The fourth-order valence-electron chi connectivity index (χ4n) is 4.06. The van der Waals surface area contributed by atoms with Crippen molar-refractivity contribution in [3.8, 4) is 0 Å². The molecule has 0 radical (unpaired) electrons. The minimum Gasteiger partial charge on any atom is -0.341 e. The summed E-state index contributed by atoms with van der Waals surface area (Å²) in [6.45, 7) is 9.08. The molecule has 1 amide bonds. The molecule has 0 unspecified atom stereocenters.